The van der Waals surface area contributed by atoms with Crippen LogP contribution < -0.4 is 10.6 Å². The van der Waals surface area contributed by atoms with Crippen LogP contribution in [0.3, 0.4) is 0 Å². The fraction of sp³-hybridized carbons (Fsp3) is 0.857. The molecule has 5 heteroatoms. The summed E-state index contributed by atoms with van der Waals surface area (Å²) in [4.78, 5) is 23.9. The van der Waals surface area contributed by atoms with Crippen LogP contribution in [0.1, 0.15) is 55.4 Å². The van der Waals surface area contributed by atoms with Crippen molar-refractivity contribution in [1.82, 2.24) is 10.6 Å². The van der Waals surface area contributed by atoms with Gasteiger partial charge < -0.3 is 15.4 Å². The number of carbonyl (C=O) groups is 2. The highest BCUT2D eigenvalue weighted by molar-refractivity contribution is 5.84. The first-order valence-corrected chi connectivity index (χ1v) is 6.63. The monoisotopic (exact) mass is 272 g/mol. The van der Waals surface area contributed by atoms with E-state index in [2.05, 4.69) is 10.6 Å². The van der Waals surface area contributed by atoms with Crippen LogP contribution in [0.5, 0.6) is 0 Å². The zero-order valence-electron chi connectivity index (χ0n) is 13.4. The molecule has 0 aromatic carbocycles. The summed E-state index contributed by atoms with van der Waals surface area (Å²) in [6.45, 7) is 14.8. The molecular formula is C14H28N2O3. The van der Waals surface area contributed by atoms with Crippen LogP contribution in [-0.4, -0.2) is 29.2 Å². The van der Waals surface area contributed by atoms with Crippen LogP contribution in [0.2, 0.25) is 0 Å². The predicted octanol–water partition coefficient (Wildman–Crippen LogP) is 2.45. The maximum atomic E-state index is 12.0. The largest absolute Gasteiger partial charge is 0.458 e. The number of esters is 1. The van der Waals surface area contributed by atoms with Crippen molar-refractivity contribution in [1.29, 1.82) is 0 Å². The molecule has 0 aliphatic carbocycles. The third-order valence-corrected chi connectivity index (χ3v) is 2.10. The molecule has 2 N–H and O–H groups in total. The Balaban J connectivity index is 4.67. The highest BCUT2D eigenvalue weighted by Gasteiger charge is 2.29. The second-order valence-electron chi connectivity index (χ2n) is 7.10. The SMILES string of the molecule is CC(C)[C@H](NC(=O)NC(C)(C)C)C(=O)OC(C)(C)C. The van der Waals surface area contributed by atoms with Crippen LogP contribution in [0, 0.1) is 5.92 Å². The molecule has 0 rings (SSSR count). The molecule has 2 amide bonds. The van der Waals surface area contributed by atoms with E-state index >= 15 is 0 Å². The summed E-state index contributed by atoms with van der Waals surface area (Å²) >= 11 is 0. The summed E-state index contributed by atoms with van der Waals surface area (Å²) in [5.74, 6) is -0.452. The molecule has 0 bridgehead atoms. The Morgan fingerprint density at radius 2 is 1.47 bits per heavy atom. The van der Waals surface area contributed by atoms with Crippen molar-refractivity contribution in [2.24, 2.45) is 5.92 Å². The van der Waals surface area contributed by atoms with Crippen LogP contribution in [0.25, 0.3) is 0 Å². The average molecular weight is 272 g/mol. The highest BCUT2D eigenvalue weighted by atomic mass is 16.6. The number of urea groups is 1. The Kier molecular flexibility index (Phi) is 5.84. The molecule has 0 saturated heterocycles. The minimum atomic E-state index is -0.651. The summed E-state index contributed by atoms with van der Waals surface area (Å²) in [5.41, 5.74) is -0.911. The Bertz CT molecular complexity index is 325. The van der Waals surface area contributed by atoms with Crippen LogP contribution in [-0.2, 0) is 9.53 Å². The van der Waals surface area contributed by atoms with Gasteiger partial charge in [-0.05, 0) is 47.5 Å². The molecule has 0 heterocycles. The van der Waals surface area contributed by atoms with E-state index in [0.29, 0.717) is 0 Å². The van der Waals surface area contributed by atoms with E-state index in [1.54, 1.807) is 20.8 Å². The lowest BCUT2D eigenvalue weighted by atomic mass is 10.0. The van der Waals surface area contributed by atoms with Crippen molar-refractivity contribution < 1.29 is 14.3 Å². The molecule has 0 unspecified atom stereocenters. The highest BCUT2D eigenvalue weighted by Crippen LogP contribution is 2.12. The molecule has 1 atom stereocenters. The van der Waals surface area contributed by atoms with Crippen LogP contribution in [0.15, 0.2) is 0 Å². The van der Waals surface area contributed by atoms with Gasteiger partial charge in [0.15, 0.2) is 0 Å². The summed E-state index contributed by atoms with van der Waals surface area (Å²) in [6, 6.07) is -1.02. The van der Waals surface area contributed by atoms with Gasteiger partial charge in [0.1, 0.15) is 11.6 Å². The topological polar surface area (TPSA) is 67.4 Å². The molecule has 0 aliphatic heterocycles. The lowest BCUT2D eigenvalue weighted by Gasteiger charge is -2.28. The van der Waals surface area contributed by atoms with E-state index in [9.17, 15) is 9.59 Å². The van der Waals surface area contributed by atoms with Gasteiger partial charge in [-0.25, -0.2) is 9.59 Å². The number of ether oxygens (including phenoxy) is 1. The van der Waals surface area contributed by atoms with Gasteiger partial charge in [0.2, 0.25) is 0 Å². The molecule has 5 nitrogen and oxygen atoms in total. The van der Waals surface area contributed by atoms with E-state index in [1.165, 1.54) is 0 Å². The minimum absolute atomic E-state index is 0.0411. The Labute approximate surface area is 116 Å². The van der Waals surface area contributed by atoms with Gasteiger partial charge in [-0.1, -0.05) is 13.8 Å². The van der Waals surface area contributed by atoms with Gasteiger partial charge in [-0.15, -0.1) is 0 Å². The normalized spacial score (nSPS) is 13.9. The van der Waals surface area contributed by atoms with Gasteiger partial charge >= 0.3 is 12.0 Å². The van der Waals surface area contributed by atoms with Crippen molar-refractivity contribution in [2.75, 3.05) is 0 Å². The average Bonchev–Trinajstić information content (AvgIpc) is 2.07. The molecule has 19 heavy (non-hydrogen) atoms. The molecule has 0 aromatic rings. The molecule has 0 aliphatic rings. The van der Waals surface area contributed by atoms with Gasteiger partial charge in [-0.2, -0.15) is 0 Å². The first-order chi connectivity index (χ1) is 8.32. The number of amides is 2. The lowest BCUT2D eigenvalue weighted by molar-refractivity contribution is -0.158. The smallest absolute Gasteiger partial charge is 0.329 e. The second kappa shape index (κ2) is 6.26. The first kappa shape index (κ1) is 17.7. The summed E-state index contributed by atoms with van der Waals surface area (Å²) in [6.07, 6.45) is 0. The zero-order chi connectivity index (χ0) is 15.4. The second-order valence-corrected chi connectivity index (χ2v) is 7.10. The first-order valence-electron chi connectivity index (χ1n) is 6.63. The number of nitrogens with one attached hydrogen (secondary N) is 2. The van der Waals surface area contributed by atoms with Gasteiger partial charge in [-0.3, -0.25) is 0 Å². The number of hydrogen-bond acceptors (Lipinski definition) is 3. The van der Waals surface area contributed by atoms with E-state index in [-0.39, 0.29) is 17.5 Å². The lowest BCUT2D eigenvalue weighted by Crippen LogP contribution is -2.54. The van der Waals surface area contributed by atoms with Crippen LogP contribution >= 0.6 is 0 Å². The van der Waals surface area contributed by atoms with Crippen molar-refractivity contribution in [2.45, 2.75) is 72.6 Å². The number of rotatable bonds is 3. The predicted molar refractivity (Wildman–Crippen MR) is 75.9 cm³/mol. The maximum Gasteiger partial charge on any atom is 0.329 e. The van der Waals surface area contributed by atoms with Crippen molar-refractivity contribution in [3.63, 3.8) is 0 Å². The van der Waals surface area contributed by atoms with E-state index in [0.717, 1.165) is 0 Å². The maximum absolute atomic E-state index is 12.0. The molecular weight excluding hydrogens is 244 g/mol. The summed E-state index contributed by atoms with van der Waals surface area (Å²) in [7, 11) is 0. The standard InChI is InChI=1S/C14H28N2O3/c1-9(2)10(11(17)19-14(6,7)8)15-12(18)16-13(3,4)5/h9-10H,1-8H3,(H2,15,16,18)/t10-/m0/s1. The third kappa shape index (κ3) is 8.46. The summed E-state index contributed by atoms with van der Waals surface area (Å²) in [5, 5.41) is 5.44. The molecule has 0 aromatic heterocycles. The van der Waals surface area contributed by atoms with Crippen molar-refractivity contribution in [3.8, 4) is 0 Å². The van der Waals surface area contributed by atoms with Crippen LogP contribution in [0.4, 0.5) is 4.79 Å². The van der Waals surface area contributed by atoms with Crippen molar-refractivity contribution >= 4 is 12.0 Å². The molecule has 0 fully saturated rings. The summed E-state index contributed by atoms with van der Waals surface area (Å²) < 4.78 is 5.31. The molecule has 0 saturated carbocycles. The Morgan fingerprint density at radius 3 is 1.79 bits per heavy atom. The minimum Gasteiger partial charge on any atom is -0.458 e. The fourth-order valence-electron chi connectivity index (χ4n) is 1.38. The van der Waals surface area contributed by atoms with Crippen molar-refractivity contribution in [3.05, 3.63) is 0 Å². The number of hydrogen-bond donors (Lipinski definition) is 2. The molecule has 112 valence electrons. The Hall–Kier alpha value is -1.26. The molecule has 0 spiro atoms. The van der Waals surface area contributed by atoms with Gasteiger partial charge in [0.05, 0.1) is 0 Å². The van der Waals surface area contributed by atoms with E-state index in [1.807, 2.05) is 34.6 Å². The fourth-order valence-corrected chi connectivity index (χ4v) is 1.38. The Morgan fingerprint density at radius 1 is 1.00 bits per heavy atom. The molecule has 0 radical (unpaired) electrons. The number of carbonyl (C=O) groups excluding carboxylic acids is 2. The van der Waals surface area contributed by atoms with E-state index < -0.39 is 17.6 Å². The third-order valence-electron chi connectivity index (χ3n) is 2.10. The van der Waals surface area contributed by atoms with Gasteiger partial charge in [0.25, 0.3) is 0 Å². The quantitative estimate of drug-likeness (QED) is 0.775. The van der Waals surface area contributed by atoms with E-state index in [4.69, 9.17) is 4.74 Å². The zero-order valence-corrected chi connectivity index (χ0v) is 13.4. The van der Waals surface area contributed by atoms with Gasteiger partial charge in [0, 0.05) is 5.54 Å².